The molecule has 0 bridgehead atoms. The second-order valence-corrected chi connectivity index (χ2v) is 3.63. The fourth-order valence-electron chi connectivity index (χ4n) is 1.41. The first kappa shape index (κ1) is 10.6. The van der Waals surface area contributed by atoms with Crippen LogP contribution in [0.4, 0.5) is 0 Å². The van der Waals surface area contributed by atoms with Crippen molar-refractivity contribution in [1.29, 1.82) is 0 Å². The van der Waals surface area contributed by atoms with Crippen molar-refractivity contribution in [3.05, 3.63) is 28.8 Å². The lowest BCUT2D eigenvalue weighted by Crippen LogP contribution is -1.95. The lowest BCUT2D eigenvalue weighted by Gasteiger charge is -2.11. The van der Waals surface area contributed by atoms with Crippen molar-refractivity contribution in [3.63, 3.8) is 0 Å². The maximum Gasteiger partial charge on any atom is 0.128 e. The number of hydrogen-bond acceptors (Lipinski definition) is 3. The van der Waals surface area contributed by atoms with Crippen molar-refractivity contribution < 1.29 is 10.3 Å². The molecule has 0 fully saturated rings. The predicted molar refractivity (Wildman–Crippen MR) is 56.3 cm³/mol. The summed E-state index contributed by atoms with van der Waals surface area (Å²) in [6, 6.07) is 3.80. The standard InChI is InChI=1S/C11H15NO2/c1-7(2)9-5-4-8(3)10(6-12-14)11(9)13/h4-7,13-14H,1-3H3/b12-6+. The highest BCUT2D eigenvalue weighted by Crippen LogP contribution is 2.29. The maximum absolute atomic E-state index is 9.87. The zero-order chi connectivity index (χ0) is 10.7. The Balaban J connectivity index is 3.33. The number of nitrogens with zero attached hydrogens (tertiary/aromatic N) is 1. The monoisotopic (exact) mass is 193 g/mol. The number of phenolic OH excluding ortho intramolecular Hbond substituents is 1. The van der Waals surface area contributed by atoms with Gasteiger partial charge in [-0.05, 0) is 24.0 Å². The molecule has 0 aliphatic heterocycles. The Kier molecular flexibility index (Phi) is 3.12. The predicted octanol–water partition coefficient (Wildman–Crippen LogP) is 2.63. The first-order valence-corrected chi connectivity index (χ1v) is 4.57. The molecule has 0 heterocycles. The van der Waals surface area contributed by atoms with Crippen LogP contribution >= 0.6 is 0 Å². The molecule has 0 unspecified atom stereocenters. The van der Waals surface area contributed by atoms with Gasteiger partial charge in [0, 0.05) is 5.56 Å². The Labute approximate surface area is 83.7 Å². The van der Waals surface area contributed by atoms with E-state index in [1.807, 2.05) is 32.9 Å². The van der Waals surface area contributed by atoms with Crippen LogP contribution in [0.1, 0.15) is 36.5 Å². The third-order valence-corrected chi connectivity index (χ3v) is 2.28. The number of benzene rings is 1. The van der Waals surface area contributed by atoms with Crippen LogP contribution in [-0.4, -0.2) is 16.5 Å². The fourth-order valence-corrected chi connectivity index (χ4v) is 1.41. The largest absolute Gasteiger partial charge is 0.507 e. The van der Waals surface area contributed by atoms with Crippen molar-refractivity contribution in [2.75, 3.05) is 0 Å². The average Bonchev–Trinajstić information content (AvgIpc) is 2.11. The number of aromatic hydroxyl groups is 1. The van der Waals surface area contributed by atoms with E-state index in [-0.39, 0.29) is 11.7 Å². The average molecular weight is 193 g/mol. The van der Waals surface area contributed by atoms with Gasteiger partial charge in [-0.15, -0.1) is 0 Å². The third-order valence-electron chi connectivity index (χ3n) is 2.28. The van der Waals surface area contributed by atoms with Crippen LogP contribution in [0.2, 0.25) is 0 Å². The summed E-state index contributed by atoms with van der Waals surface area (Å²) in [5.41, 5.74) is 2.34. The molecule has 0 saturated carbocycles. The highest BCUT2D eigenvalue weighted by molar-refractivity contribution is 5.85. The summed E-state index contributed by atoms with van der Waals surface area (Å²) in [6.45, 7) is 5.87. The number of phenols is 1. The number of hydrogen-bond donors (Lipinski definition) is 2. The minimum atomic E-state index is 0.206. The molecular weight excluding hydrogens is 178 g/mol. The van der Waals surface area contributed by atoms with Crippen molar-refractivity contribution in [2.45, 2.75) is 26.7 Å². The van der Waals surface area contributed by atoms with Crippen LogP contribution < -0.4 is 0 Å². The van der Waals surface area contributed by atoms with E-state index in [0.717, 1.165) is 11.1 Å². The molecule has 3 heteroatoms. The topological polar surface area (TPSA) is 52.8 Å². The minimum absolute atomic E-state index is 0.206. The van der Waals surface area contributed by atoms with Crippen LogP contribution in [0.5, 0.6) is 5.75 Å². The van der Waals surface area contributed by atoms with E-state index in [2.05, 4.69) is 5.16 Å². The van der Waals surface area contributed by atoms with Gasteiger partial charge in [-0.1, -0.05) is 31.1 Å². The number of aryl methyl sites for hydroxylation is 1. The molecule has 1 aromatic rings. The van der Waals surface area contributed by atoms with Gasteiger partial charge in [-0.25, -0.2) is 0 Å². The summed E-state index contributed by atoms with van der Waals surface area (Å²) in [7, 11) is 0. The zero-order valence-electron chi connectivity index (χ0n) is 8.65. The second-order valence-electron chi connectivity index (χ2n) is 3.63. The normalized spacial score (nSPS) is 11.4. The van der Waals surface area contributed by atoms with Crippen molar-refractivity contribution in [2.24, 2.45) is 5.16 Å². The van der Waals surface area contributed by atoms with Crippen molar-refractivity contribution >= 4 is 6.21 Å². The first-order chi connectivity index (χ1) is 6.57. The van der Waals surface area contributed by atoms with Gasteiger partial charge >= 0.3 is 0 Å². The van der Waals surface area contributed by atoms with Gasteiger partial charge in [0.05, 0.1) is 6.21 Å². The summed E-state index contributed by atoms with van der Waals surface area (Å²) in [6.07, 6.45) is 1.26. The summed E-state index contributed by atoms with van der Waals surface area (Å²) >= 11 is 0. The number of rotatable bonds is 2. The Morgan fingerprint density at radius 3 is 2.50 bits per heavy atom. The molecule has 0 atom stereocenters. The molecular formula is C11H15NO2. The molecule has 0 saturated heterocycles. The molecule has 14 heavy (non-hydrogen) atoms. The van der Waals surface area contributed by atoms with Crippen LogP contribution in [0, 0.1) is 6.92 Å². The van der Waals surface area contributed by atoms with Gasteiger partial charge in [0.15, 0.2) is 0 Å². The quantitative estimate of drug-likeness (QED) is 0.431. The second kappa shape index (κ2) is 4.13. The molecule has 1 rings (SSSR count). The zero-order valence-corrected chi connectivity index (χ0v) is 8.65. The Morgan fingerprint density at radius 1 is 1.36 bits per heavy atom. The van der Waals surface area contributed by atoms with Crippen LogP contribution in [-0.2, 0) is 0 Å². The van der Waals surface area contributed by atoms with Crippen LogP contribution in [0.15, 0.2) is 17.3 Å². The molecule has 0 aliphatic rings. The SMILES string of the molecule is Cc1ccc(C(C)C)c(O)c1/C=N/O. The molecule has 2 N–H and O–H groups in total. The molecule has 0 radical (unpaired) electrons. The summed E-state index contributed by atoms with van der Waals surface area (Å²) in [5.74, 6) is 0.458. The van der Waals surface area contributed by atoms with E-state index >= 15 is 0 Å². The van der Waals surface area contributed by atoms with E-state index in [4.69, 9.17) is 5.21 Å². The van der Waals surface area contributed by atoms with Gasteiger partial charge in [-0.3, -0.25) is 0 Å². The molecule has 3 nitrogen and oxygen atoms in total. The maximum atomic E-state index is 9.87. The van der Waals surface area contributed by atoms with Gasteiger partial charge in [0.2, 0.25) is 0 Å². The third kappa shape index (κ3) is 1.87. The first-order valence-electron chi connectivity index (χ1n) is 4.57. The minimum Gasteiger partial charge on any atom is -0.507 e. The van der Waals surface area contributed by atoms with E-state index < -0.39 is 0 Å². The van der Waals surface area contributed by atoms with Gasteiger partial charge in [0.25, 0.3) is 0 Å². The highest BCUT2D eigenvalue weighted by atomic mass is 16.4. The van der Waals surface area contributed by atoms with Gasteiger partial charge < -0.3 is 10.3 Å². The van der Waals surface area contributed by atoms with Gasteiger partial charge in [0.1, 0.15) is 5.75 Å². The molecule has 0 spiro atoms. The Hall–Kier alpha value is -1.51. The fraction of sp³-hybridized carbons (Fsp3) is 0.364. The van der Waals surface area contributed by atoms with Crippen LogP contribution in [0.3, 0.4) is 0 Å². The van der Waals surface area contributed by atoms with E-state index in [1.54, 1.807) is 0 Å². The Morgan fingerprint density at radius 2 is 2.00 bits per heavy atom. The van der Waals surface area contributed by atoms with E-state index in [0.29, 0.717) is 5.56 Å². The van der Waals surface area contributed by atoms with Crippen molar-refractivity contribution in [1.82, 2.24) is 0 Å². The Bertz CT molecular complexity index is 357. The molecule has 0 amide bonds. The molecule has 0 aliphatic carbocycles. The van der Waals surface area contributed by atoms with Crippen molar-refractivity contribution in [3.8, 4) is 5.75 Å². The lowest BCUT2D eigenvalue weighted by atomic mass is 9.96. The van der Waals surface area contributed by atoms with E-state index in [9.17, 15) is 5.11 Å². The molecule has 76 valence electrons. The smallest absolute Gasteiger partial charge is 0.128 e. The summed E-state index contributed by atoms with van der Waals surface area (Å²) in [5, 5.41) is 21.3. The number of oxime groups is 1. The summed E-state index contributed by atoms with van der Waals surface area (Å²) in [4.78, 5) is 0. The van der Waals surface area contributed by atoms with E-state index in [1.165, 1.54) is 6.21 Å². The molecule has 1 aromatic carbocycles. The molecule has 0 aromatic heterocycles. The van der Waals surface area contributed by atoms with Gasteiger partial charge in [-0.2, -0.15) is 0 Å². The summed E-state index contributed by atoms with van der Waals surface area (Å²) < 4.78 is 0. The van der Waals surface area contributed by atoms with Crippen LogP contribution in [0.25, 0.3) is 0 Å². The highest BCUT2D eigenvalue weighted by Gasteiger charge is 2.11. The lowest BCUT2D eigenvalue weighted by molar-refractivity contribution is 0.321.